The van der Waals surface area contributed by atoms with Crippen molar-refractivity contribution in [2.75, 3.05) is 24.5 Å². The number of aliphatic hydroxyl groups is 1. The van der Waals surface area contributed by atoms with Crippen molar-refractivity contribution in [3.8, 4) is 0 Å². The maximum absolute atomic E-state index is 10.6. The molecule has 1 heterocycles. The van der Waals surface area contributed by atoms with E-state index in [0.29, 0.717) is 6.04 Å². The molecular weight excluding hydrogens is 308 g/mol. The van der Waals surface area contributed by atoms with Crippen molar-refractivity contribution in [1.29, 1.82) is 0 Å². The zero-order valence-corrected chi connectivity index (χ0v) is 15.2. The Morgan fingerprint density at radius 2 is 1.60 bits per heavy atom. The van der Waals surface area contributed by atoms with Crippen LogP contribution in [0.4, 0.5) is 5.69 Å². The highest BCUT2D eigenvalue weighted by molar-refractivity contribution is 5.47. The van der Waals surface area contributed by atoms with Crippen LogP contribution in [0.1, 0.15) is 31.7 Å². The fourth-order valence-electron chi connectivity index (χ4n) is 3.78. The lowest BCUT2D eigenvalue weighted by Crippen LogP contribution is -2.49. The van der Waals surface area contributed by atoms with E-state index in [4.69, 9.17) is 0 Å². The third-order valence-corrected chi connectivity index (χ3v) is 5.25. The summed E-state index contributed by atoms with van der Waals surface area (Å²) in [4.78, 5) is 4.79. The van der Waals surface area contributed by atoms with Crippen molar-refractivity contribution in [2.24, 2.45) is 0 Å². The molecular formula is C22H30N2O. The van der Waals surface area contributed by atoms with E-state index in [9.17, 15) is 5.11 Å². The highest BCUT2D eigenvalue weighted by Crippen LogP contribution is 2.26. The van der Waals surface area contributed by atoms with Gasteiger partial charge in [0.15, 0.2) is 0 Å². The average Bonchev–Trinajstić information content (AvgIpc) is 2.69. The van der Waals surface area contributed by atoms with Gasteiger partial charge in [-0.15, -0.1) is 0 Å². The van der Waals surface area contributed by atoms with Crippen LogP contribution in [0.25, 0.3) is 0 Å². The van der Waals surface area contributed by atoms with Gasteiger partial charge in [-0.05, 0) is 43.4 Å². The van der Waals surface area contributed by atoms with Crippen molar-refractivity contribution in [3.05, 3.63) is 66.2 Å². The lowest BCUT2D eigenvalue weighted by Gasteiger charge is -2.42. The first-order chi connectivity index (χ1) is 12.3. The van der Waals surface area contributed by atoms with Gasteiger partial charge >= 0.3 is 0 Å². The number of rotatable bonds is 7. The van der Waals surface area contributed by atoms with Gasteiger partial charge in [0.1, 0.15) is 6.23 Å². The third-order valence-electron chi connectivity index (χ3n) is 5.25. The third kappa shape index (κ3) is 4.83. The van der Waals surface area contributed by atoms with Crippen molar-refractivity contribution < 1.29 is 5.11 Å². The fraction of sp³-hybridized carbons (Fsp3) is 0.455. The van der Waals surface area contributed by atoms with Gasteiger partial charge in [0.05, 0.1) is 0 Å². The molecule has 3 rings (SSSR count). The summed E-state index contributed by atoms with van der Waals surface area (Å²) in [6, 6.07) is 21.5. The molecule has 0 aromatic heterocycles. The second kappa shape index (κ2) is 9.02. The standard InChI is InChI=1S/C22H30N2O/c1-2-22(25)24(20-11-7-4-8-12-20)21-14-17-23(18-15-21)16-13-19-9-5-3-6-10-19/h3-12,21-22,25H,2,13-18H2,1H3. The van der Waals surface area contributed by atoms with Crippen molar-refractivity contribution in [2.45, 2.75) is 44.9 Å². The minimum absolute atomic E-state index is 0.400. The number of aliphatic hydroxyl groups excluding tert-OH is 1. The van der Waals surface area contributed by atoms with Gasteiger partial charge in [0.25, 0.3) is 0 Å². The molecule has 25 heavy (non-hydrogen) atoms. The molecule has 0 bridgehead atoms. The van der Waals surface area contributed by atoms with E-state index in [1.54, 1.807) is 0 Å². The second-order valence-corrected chi connectivity index (χ2v) is 6.94. The quantitative estimate of drug-likeness (QED) is 0.775. The minimum Gasteiger partial charge on any atom is -0.374 e. The number of hydrogen-bond donors (Lipinski definition) is 1. The predicted molar refractivity (Wildman–Crippen MR) is 105 cm³/mol. The Morgan fingerprint density at radius 3 is 2.20 bits per heavy atom. The zero-order valence-electron chi connectivity index (χ0n) is 15.2. The van der Waals surface area contributed by atoms with Crippen LogP contribution in [0.2, 0.25) is 0 Å². The van der Waals surface area contributed by atoms with E-state index in [1.807, 2.05) is 6.07 Å². The smallest absolute Gasteiger partial charge is 0.126 e. The Labute approximate surface area is 151 Å². The predicted octanol–water partition coefficient (Wildman–Crippen LogP) is 3.93. The van der Waals surface area contributed by atoms with Gasteiger partial charge in [-0.1, -0.05) is 55.5 Å². The number of nitrogens with zero attached hydrogens (tertiary/aromatic N) is 2. The van der Waals surface area contributed by atoms with E-state index < -0.39 is 6.23 Å². The van der Waals surface area contributed by atoms with E-state index in [-0.39, 0.29) is 0 Å². The summed E-state index contributed by atoms with van der Waals surface area (Å²) in [5, 5.41) is 10.6. The molecule has 1 atom stereocenters. The van der Waals surface area contributed by atoms with E-state index >= 15 is 0 Å². The number of para-hydroxylation sites is 1. The van der Waals surface area contributed by atoms with Crippen LogP contribution in [0.3, 0.4) is 0 Å². The Balaban J connectivity index is 1.56. The molecule has 1 N–H and O–H groups in total. The van der Waals surface area contributed by atoms with Crippen LogP contribution in [-0.2, 0) is 6.42 Å². The molecule has 3 heteroatoms. The van der Waals surface area contributed by atoms with Gasteiger partial charge in [-0.3, -0.25) is 0 Å². The van der Waals surface area contributed by atoms with Gasteiger partial charge in [0.2, 0.25) is 0 Å². The molecule has 0 amide bonds. The largest absolute Gasteiger partial charge is 0.374 e. The number of likely N-dealkylation sites (tertiary alicyclic amines) is 1. The summed E-state index contributed by atoms with van der Waals surface area (Å²) in [7, 11) is 0. The van der Waals surface area contributed by atoms with Crippen LogP contribution in [0, 0.1) is 0 Å². The van der Waals surface area contributed by atoms with Gasteiger partial charge in [-0.2, -0.15) is 0 Å². The number of benzene rings is 2. The monoisotopic (exact) mass is 338 g/mol. The molecule has 1 aliphatic heterocycles. The normalized spacial score (nSPS) is 17.4. The topological polar surface area (TPSA) is 26.7 Å². The summed E-state index contributed by atoms with van der Waals surface area (Å²) < 4.78 is 0. The number of piperidine rings is 1. The average molecular weight is 338 g/mol. The molecule has 0 radical (unpaired) electrons. The van der Waals surface area contributed by atoms with E-state index in [0.717, 1.165) is 51.0 Å². The molecule has 1 unspecified atom stereocenters. The van der Waals surface area contributed by atoms with E-state index in [2.05, 4.69) is 71.3 Å². The van der Waals surface area contributed by atoms with Crippen molar-refractivity contribution in [3.63, 3.8) is 0 Å². The van der Waals surface area contributed by atoms with E-state index in [1.165, 1.54) is 5.56 Å². The Morgan fingerprint density at radius 1 is 1.00 bits per heavy atom. The first kappa shape index (κ1) is 18.0. The van der Waals surface area contributed by atoms with Crippen LogP contribution < -0.4 is 4.90 Å². The molecule has 1 saturated heterocycles. The highest BCUT2D eigenvalue weighted by Gasteiger charge is 2.28. The first-order valence-corrected chi connectivity index (χ1v) is 9.55. The highest BCUT2D eigenvalue weighted by atomic mass is 16.3. The Bertz CT molecular complexity index is 608. The first-order valence-electron chi connectivity index (χ1n) is 9.55. The molecule has 3 nitrogen and oxygen atoms in total. The molecule has 0 aliphatic carbocycles. The van der Waals surface area contributed by atoms with Crippen molar-refractivity contribution >= 4 is 5.69 Å². The van der Waals surface area contributed by atoms with Crippen LogP contribution in [0.5, 0.6) is 0 Å². The lowest BCUT2D eigenvalue weighted by molar-refractivity contribution is 0.130. The maximum Gasteiger partial charge on any atom is 0.126 e. The number of hydrogen-bond acceptors (Lipinski definition) is 3. The zero-order chi connectivity index (χ0) is 17.5. The summed E-state index contributed by atoms with van der Waals surface area (Å²) in [6.45, 7) is 5.39. The summed E-state index contributed by atoms with van der Waals surface area (Å²) >= 11 is 0. The van der Waals surface area contributed by atoms with Crippen molar-refractivity contribution in [1.82, 2.24) is 4.90 Å². The maximum atomic E-state index is 10.6. The van der Waals surface area contributed by atoms with Gasteiger partial charge < -0.3 is 14.9 Å². The molecule has 1 aliphatic rings. The molecule has 0 saturated carbocycles. The summed E-state index contributed by atoms with van der Waals surface area (Å²) in [5.41, 5.74) is 2.55. The summed E-state index contributed by atoms with van der Waals surface area (Å²) in [5.74, 6) is 0. The molecule has 134 valence electrons. The molecule has 0 spiro atoms. The van der Waals surface area contributed by atoms with Gasteiger partial charge in [0, 0.05) is 31.4 Å². The number of anilines is 1. The van der Waals surface area contributed by atoms with Crippen LogP contribution >= 0.6 is 0 Å². The molecule has 2 aromatic rings. The Hall–Kier alpha value is -1.84. The Kier molecular flexibility index (Phi) is 6.48. The van der Waals surface area contributed by atoms with Crippen LogP contribution in [0.15, 0.2) is 60.7 Å². The lowest BCUT2D eigenvalue weighted by atomic mass is 10.0. The molecule has 1 fully saturated rings. The van der Waals surface area contributed by atoms with Crippen LogP contribution in [-0.4, -0.2) is 41.9 Å². The minimum atomic E-state index is -0.400. The second-order valence-electron chi connectivity index (χ2n) is 6.94. The molecule has 2 aromatic carbocycles. The SMILES string of the molecule is CCC(O)N(c1ccccc1)C1CCN(CCc2ccccc2)CC1. The fourth-order valence-corrected chi connectivity index (χ4v) is 3.78. The van der Waals surface area contributed by atoms with Gasteiger partial charge in [-0.25, -0.2) is 0 Å². The summed E-state index contributed by atoms with van der Waals surface area (Å²) in [6.07, 6.45) is 3.69.